The number of methoxy groups -OCH3 is 1. The lowest BCUT2D eigenvalue weighted by atomic mass is 9.85. The number of aromatic nitrogens is 1. The van der Waals surface area contributed by atoms with E-state index >= 15 is 0 Å². The fraction of sp³-hybridized carbons (Fsp3) is 0.450. The molecule has 0 aliphatic heterocycles. The molecule has 0 N–H and O–H groups in total. The first kappa shape index (κ1) is 17.5. The van der Waals surface area contributed by atoms with E-state index in [4.69, 9.17) is 9.72 Å². The molecule has 0 aliphatic carbocycles. The molecule has 0 spiro atoms. The Morgan fingerprint density at radius 3 is 2.26 bits per heavy atom. The summed E-state index contributed by atoms with van der Waals surface area (Å²) in [5.41, 5.74) is 4.46. The van der Waals surface area contributed by atoms with Crippen molar-refractivity contribution >= 4 is 0 Å². The normalized spacial score (nSPS) is 11.9. The van der Waals surface area contributed by atoms with Gasteiger partial charge in [-0.15, -0.1) is 0 Å². The first-order valence-corrected chi connectivity index (χ1v) is 8.01. The predicted octanol–water partition coefficient (Wildman–Crippen LogP) is 5.63. The van der Waals surface area contributed by atoms with Crippen molar-refractivity contribution in [3.8, 4) is 16.9 Å². The largest absolute Gasteiger partial charge is 0.496 e. The molecule has 3 heteroatoms. The molecule has 1 aromatic carbocycles. The quantitative estimate of drug-likeness (QED) is 0.732. The van der Waals surface area contributed by atoms with Crippen LogP contribution < -0.4 is 4.74 Å². The molecule has 2 nitrogen and oxygen atoms in total. The lowest BCUT2D eigenvalue weighted by molar-refractivity contribution is 0.412. The van der Waals surface area contributed by atoms with E-state index in [-0.39, 0.29) is 17.2 Å². The van der Waals surface area contributed by atoms with Crippen LogP contribution in [-0.4, -0.2) is 12.1 Å². The lowest BCUT2D eigenvalue weighted by Gasteiger charge is -2.24. The SMILES string of the molecule is COc1cc(F)c(C(C)C)cc1-c1ccc(C)nc1C(C)(C)C. The van der Waals surface area contributed by atoms with Crippen molar-refractivity contribution in [1.29, 1.82) is 0 Å². The maximum Gasteiger partial charge on any atom is 0.130 e. The summed E-state index contributed by atoms with van der Waals surface area (Å²) < 4.78 is 19.7. The average Bonchev–Trinajstić information content (AvgIpc) is 2.45. The average molecular weight is 315 g/mol. The minimum Gasteiger partial charge on any atom is -0.496 e. The molecule has 0 atom stereocenters. The summed E-state index contributed by atoms with van der Waals surface area (Å²) in [6.45, 7) is 12.4. The van der Waals surface area contributed by atoms with Crippen LogP contribution in [0.1, 0.15) is 57.5 Å². The maximum absolute atomic E-state index is 14.3. The van der Waals surface area contributed by atoms with Crippen LogP contribution in [0.3, 0.4) is 0 Å². The summed E-state index contributed by atoms with van der Waals surface area (Å²) in [6.07, 6.45) is 0. The number of ether oxygens (including phenoxy) is 1. The van der Waals surface area contributed by atoms with Gasteiger partial charge in [0.25, 0.3) is 0 Å². The fourth-order valence-electron chi connectivity index (χ4n) is 2.74. The molecule has 124 valence electrons. The summed E-state index contributed by atoms with van der Waals surface area (Å²) in [4.78, 5) is 4.74. The Bertz CT molecular complexity index is 714. The molecule has 2 rings (SSSR count). The monoisotopic (exact) mass is 315 g/mol. The first-order valence-electron chi connectivity index (χ1n) is 8.01. The molecular weight excluding hydrogens is 289 g/mol. The Kier molecular flexibility index (Phi) is 4.79. The molecule has 2 aromatic rings. The zero-order valence-corrected chi connectivity index (χ0v) is 15.1. The predicted molar refractivity (Wildman–Crippen MR) is 93.7 cm³/mol. The molecule has 0 aliphatic rings. The van der Waals surface area contributed by atoms with Gasteiger partial charge in [0, 0.05) is 28.3 Å². The van der Waals surface area contributed by atoms with E-state index in [9.17, 15) is 4.39 Å². The highest BCUT2D eigenvalue weighted by Gasteiger charge is 2.24. The van der Waals surface area contributed by atoms with Crippen molar-refractivity contribution < 1.29 is 9.13 Å². The molecule has 0 bridgehead atoms. The van der Waals surface area contributed by atoms with Crippen LogP contribution in [0.2, 0.25) is 0 Å². The molecule has 0 radical (unpaired) electrons. The van der Waals surface area contributed by atoms with E-state index in [2.05, 4.69) is 26.8 Å². The van der Waals surface area contributed by atoms with Crippen molar-refractivity contribution in [2.24, 2.45) is 0 Å². The molecular formula is C20H26FNO. The van der Waals surface area contributed by atoms with Crippen molar-refractivity contribution in [3.63, 3.8) is 0 Å². The molecule has 1 heterocycles. The van der Waals surface area contributed by atoms with Crippen molar-refractivity contribution in [2.75, 3.05) is 7.11 Å². The highest BCUT2D eigenvalue weighted by molar-refractivity contribution is 5.74. The summed E-state index contributed by atoms with van der Waals surface area (Å²) >= 11 is 0. The summed E-state index contributed by atoms with van der Waals surface area (Å²) in [7, 11) is 1.58. The number of pyridine rings is 1. The molecule has 23 heavy (non-hydrogen) atoms. The van der Waals surface area contributed by atoms with E-state index in [0.717, 1.165) is 22.5 Å². The number of hydrogen-bond donors (Lipinski definition) is 0. The van der Waals surface area contributed by atoms with Crippen LogP contribution in [-0.2, 0) is 5.41 Å². The van der Waals surface area contributed by atoms with Crippen molar-refractivity contribution in [2.45, 2.75) is 52.9 Å². The fourth-order valence-corrected chi connectivity index (χ4v) is 2.74. The third-order valence-electron chi connectivity index (χ3n) is 3.98. The van der Waals surface area contributed by atoms with E-state index in [1.165, 1.54) is 6.07 Å². The van der Waals surface area contributed by atoms with Crippen LogP contribution in [0, 0.1) is 12.7 Å². The van der Waals surface area contributed by atoms with Gasteiger partial charge in [-0.25, -0.2) is 4.39 Å². The summed E-state index contributed by atoms with van der Waals surface area (Å²) in [5.74, 6) is 0.428. The van der Waals surface area contributed by atoms with Gasteiger partial charge in [-0.1, -0.05) is 40.7 Å². The number of hydrogen-bond acceptors (Lipinski definition) is 2. The number of benzene rings is 1. The second-order valence-electron chi connectivity index (χ2n) is 7.33. The molecule has 1 aromatic heterocycles. The summed E-state index contributed by atoms with van der Waals surface area (Å²) in [5, 5.41) is 0. The lowest BCUT2D eigenvalue weighted by Crippen LogP contribution is -2.16. The number of halogens is 1. The Hall–Kier alpha value is -1.90. The van der Waals surface area contributed by atoms with Gasteiger partial charge in [-0.2, -0.15) is 0 Å². The molecule has 0 amide bonds. The summed E-state index contributed by atoms with van der Waals surface area (Å²) in [6, 6.07) is 7.43. The third kappa shape index (κ3) is 3.54. The van der Waals surface area contributed by atoms with E-state index in [0.29, 0.717) is 11.3 Å². The zero-order chi connectivity index (χ0) is 17.4. The number of nitrogens with zero attached hydrogens (tertiary/aromatic N) is 1. The van der Waals surface area contributed by atoms with Crippen LogP contribution in [0.25, 0.3) is 11.1 Å². The van der Waals surface area contributed by atoms with Gasteiger partial charge in [-0.05, 0) is 30.5 Å². The Labute approximate surface area is 138 Å². The van der Waals surface area contributed by atoms with Crippen LogP contribution in [0.5, 0.6) is 5.75 Å². The van der Waals surface area contributed by atoms with E-state index in [1.54, 1.807) is 7.11 Å². The Morgan fingerprint density at radius 2 is 1.74 bits per heavy atom. The van der Waals surface area contributed by atoms with E-state index < -0.39 is 0 Å². The Balaban J connectivity index is 2.78. The molecule has 0 fully saturated rings. The van der Waals surface area contributed by atoms with E-state index in [1.807, 2.05) is 32.9 Å². The van der Waals surface area contributed by atoms with Gasteiger partial charge < -0.3 is 4.74 Å². The Morgan fingerprint density at radius 1 is 1.09 bits per heavy atom. The molecule has 0 saturated carbocycles. The maximum atomic E-state index is 14.3. The second-order valence-corrected chi connectivity index (χ2v) is 7.33. The first-order chi connectivity index (χ1) is 10.6. The van der Waals surface area contributed by atoms with Gasteiger partial charge in [0.2, 0.25) is 0 Å². The van der Waals surface area contributed by atoms with Gasteiger partial charge in [0.05, 0.1) is 12.8 Å². The van der Waals surface area contributed by atoms with Crippen LogP contribution in [0.4, 0.5) is 4.39 Å². The molecule has 0 unspecified atom stereocenters. The van der Waals surface area contributed by atoms with Crippen molar-refractivity contribution in [3.05, 3.63) is 47.0 Å². The van der Waals surface area contributed by atoms with Gasteiger partial charge in [-0.3, -0.25) is 4.98 Å². The smallest absolute Gasteiger partial charge is 0.130 e. The minimum atomic E-state index is -0.224. The van der Waals surface area contributed by atoms with Crippen LogP contribution >= 0.6 is 0 Å². The zero-order valence-electron chi connectivity index (χ0n) is 15.1. The van der Waals surface area contributed by atoms with Crippen molar-refractivity contribution in [1.82, 2.24) is 4.98 Å². The van der Waals surface area contributed by atoms with Gasteiger partial charge >= 0.3 is 0 Å². The standard InChI is InChI=1S/C20H26FNO/c1-12(2)15-10-16(18(23-7)11-17(15)21)14-9-8-13(3)22-19(14)20(4,5)6/h8-12H,1-7H3. The number of rotatable bonds is 3. The highest BCUT2D eigenvalue weighted by Crippen LogP contribution is 2.39. The highest BCUT2D eigenvalue weighted by atomic mass is 19.1. The molecule has 0 saturated heterocycles. The van der Waals surface area contributed by atoms with Crippen LogP contribution in [0.15, 0.2) is 24.3 Å². The van der Waals surface area contributed by atoms with Gasteiger partial charge in [0.15, 0.2) is 0 Å². The second kappa shape index (κ2) is 6.31. The topological polar surface area (TPSA) is 22.1 Å². The van der Waals surface area contributed by atoms with Gasteiger partial charge in [0.1, 0.15) is 11.6 Å². The third-order valence-corrected chi connectivity index (χ3v) is 3.98. The minimum absolute atomic E-state index is 0.108. The number of aryl methyl sites for hydroxylation is 1.